The van der Waals surface area contributed by atoms with Gasteiger partial charge in [-0.3, -0.25) is 20.0 Å². The summed E-state index contributed by atoms with van der Waals surface area (Å²) in [6.07, 6.45) is -3.80. The van der Waals surface area contributed by atoms with Crippen molar-refractivity contribution in [1.29, 1.82) is 0 Å². The van der Waals surface area contributed by atoms with E-state index in [0.29, 0.717) is 56.9 Å². The van der Waals surface area contributed by atoms with E-state index in [1.54, 1.807) is 19.4 Å². The Morgan fingerprint density at radius 2 is 1.74 bits per heavy atom. The first-order chi connectivity index (χ1) is 24.1. The monoisotopic (exact) mass is 698 g/mol. The SMILES string of the molecule is CCCCN=C(N)NC(=O)C(Cc1ccc(-c2ccccc2)c(CN2CCN(c3ccccn3)CC2)c1OCCCOC)OC(=O)C(F)(F)F. The average molecular weight is 699 g/mol. The zero-order valence-corrected chi connectivity index (χ0v) is 28.5. The number of alkyl halides is 3. The van der Waals surface area contributed by atoms with E-state index in [4.69, 9.17) is 19.9 Å². The van der Waals surface area contributed by atoms with Crippen molar-refractivity contribution >= 4 is 23.7 Å². The van der Waals surface area contributed by atoms with Gasteiger partial charge in [0, 0.05) is 77.6 Å². The number of methoxy groups -OCH3 is 1. The fourth-order valence-corrected chi connectivity index (χ4v) is 5.53. The second kappa shape index (κ2) is 18.9. The van der Waals surface area contributed by atoms with E-state index < -0.39 is 30.6 Å². The predicted octanol–water partition coefficient (Wildman–Crippen LogP) is 4.73. The Labute approximate surface area is 290 Å². The van der Waals surface area contributed by atoms with Crippen LogP contribution in [0.3, 0.4) is 0 Å². The number of anilines is 1. The molecule has 2 heterocycles. The first-order valence-corrected chi connectivity index (χ1v) is 16.7. The number of aliphatic imine (C=N–C) groups is 1. The molecule has 1 aliphatic heterocycles. The average Bonchev–Trinajstić information content (AvgIpc) is 3.11. The Bertz CT molecular complexity index is 1550. The third kappa shape index (κ3) is 11.2. The minimum absolute atomic E-state index is 0.232. The minimum Gasteiger partial charge on any atom is -0.493 e. The number of hydrogen-bond acceptors (Lipinski definition) is 9. The maximum atomic E-state index is 13.4. The third-order valence-corrected chi connectivity index (χ3v) is 8.12. The first kappa shape index (κ1) is 38.1. The van der Waals surface area contributed by atoms with Gasteiger partial charge in [-0.25, -0.2) is 9.78 Å². The molecule has 1 saturated heterocycles. The van der Waals surface area contributed by atoms with Crippen LogP contribution in [0, 0.1) is 0 Å². The van der Waals surface area contributed by atoms with Gasteiger partial charge in [0.05, 0.1) is 6.61 Å². The van der Waals surface area contributed by atoms with E-state index >= 15 is 0 Å². The molecular weight excluding hydrogens is 653 g/mol. The van der Waals surface area contributed by atoms with E-state index in [1.165, 1.54) is 0 Å². The number of aromatic nitrogens is 1. The van der Waals surface area contributed by atoms with Crippen molar-refractivity contribution in [1.82, 2.24) is 15.2 Å². The topological polar surface area (TPSA) is 132 Å². The van der Waals surface area contributed by atoms with Gasteiger partial charge in [0.2, 0.25) is 0 Å². The number of carbonyl (C=O) groups is 2. The van der Waals surface area contributed by atoms with Crippen molar-refractivity contribution in [3.63, 3.8) is 0 Å². The fourth-order valence-electron chi connectivity index (χ4n) is 5.53. The standard InChI is InChI=1S/C36H45F3N6O5/c1-3-4-16-42-35(40)43-33(46)30(50-34(47)36(37,38)39)24-27-14-15-28(26-11-6-5-7-12-26)29(32(27)49-23-10-22-48-2)25-44-18-20-45(21-19-44)31-13-8-9-17-41-31/h5-9,11-15,17,30H,3-4,10,16,18-25H2,1-2H3,(H3,40,42,43,46). The van der Waals surface area contributed by atoms with Crippen molar-refractivity contribution in [3.05, 3.63) is 78.0 Å². The summed E-state index contributed by atoms with van der Waals surface area (Å²) in [5.74, 6) is -2.51. The highest BCUT2D eigenvalue weighted by Gasteiger charge is 2.43. The van der Waals surface area contributed by atoms with Crippen molar-refractivity contribution < 1.29 is 37.0 Å². The zero-order valence-electron chi connectivity index (χ0n) is 28.5. The predicted molar refractivity (Wildman–Crippen MR) is 185 cm³/mol. The highest BCUT2D eigenvalue weighted by atomic mass is 19.4. The van der Waals surface area contributed by atoms with Crippen LogP contribution in [0.25, 0.3) is 11.1 Å². The summed E-state index contributed by atoms with van der Waals surface area (Å²) < 4.78 is 56.6. The molecule has 4 rings (SSSR count). The molecule has 50 heavy (non-hydrogen) atoms. The summed E-state index contributed by atoms with van der Waals surface area (Å²) in [4.78, 5) is 38.4. The quantitative estimate of drug-likeness (QED) is 0.0944. The molecule has 0 bridgehead atoms. The number of amides is 1. The lowest BCUT2D eigenvalue weighted by atomic mass is 9.93. The number of esters is 1. The number of unbranched alkanes of at least 4 members (excludes halogenated alkanes) is 1. The smallest absolute Gasteiger partial charge is 0.490 e. The highest BCUT2D eigenvalue weighted by molar-refractivity contribution is 5.99. The van der Waals surface area contributed by atoms with Crippen LogP contribution in [0.2, 0.25) is 0 Å². The van der Waals surface area contributed by atoms with Gasteiger partial charge in [-0.15, -0.1) is 0 Å². The number of nitrogens with two attached hydrogens (primary N) is 1. The summed E-state index contributed by atoms with van der Waals surface area (Å²) in [6.45, 7) is 6.26. The van der Waals surface area contributed by atoms with Crippen LogP contribution >= 0.6 is 0 Å². The number of guanidine groups is 1. The van der Waals surface area contributed by atoms with Crippen LogP contribution in [0.15, 0.2) is 71.9 Å². The van der Waals surface area contributed by atoms with Crippen LogP contribution in [0.1, 0.15) is 37.3 Å². The van der Waals surface area contributed by atoms with E-state index in [0.717, 1.165) is 42.0 Å². The normalized spacial score (nSPS) is 14.7. The van der Waals surface area contributed by atoms with Gasteiger partial charge in [-0.2, -0.15) is 13.2 Å². The lowest BCUT2D eigenvalue weighted by molar-refractivity contribution is -0.205. The molecule has 1 atom stereocenters. The molecule has 0 saturated carbocycles. The van der Waals surface area contributed by atoms with Gasteiger partial charge in [0.15, 0.2) is 12.1 Å². The summed E-state index contributed by atoms with van der Waals surface area (Å²) in [5.41, 5.74) is 8.81. The Balaban J connectivity index is 1.71. The summed E-state index contributed by atoms with van der Waals surface area (Å²) in [7, 11) is 1.58. The number of halogens is 3. The van der Waals surface area contributed by atoms with Gasteiger partial charge >= 0.3 is 12.1 Å². The van der Waals surface area contributed by atoms with Gasteiger partial charge < -0.3 is 24.8 Å². The maximum absolute atomic E-state index is 13.4. The molecule has 0 spiro atoms. The highest BCUT2D eigenvalue weighted by Crippen LogP contribution is 2.37. The van der Waals surface area contributed by atoms with Crippen molar-refractivity contribution in [2.75, 3.05) is 57.9 Å². The van der Waals surface area contributed by atoms with Gasteiger partial charge in [0.1, 0.15) is 11.6 Å². The molecule has 3 N–H and O–H groups in total. The second-order valence-electron chi connectivity index (χ2n) is 11.8. The number of nitrogens with one attached hydrogen (secondary N) is 1. The molecule has 1 unspecified atom stereocenters. The lowest BCUT2D eigenvalue weighted by Gasteiger charge is -2.36. The van der Waals surface area contributed by atoms with Crippen LogP contribution in [-0.2, 0) is 32.0 Å². The number of nitrogens with zero attached hydrogens (tertiary/aromatic N) is 4. The summed E-state index contributed by atoms with van der Waals surface area (Å²) >= 11 is 0. The van der Waals surface area contributed by atoms with E-state index in [-0.39, 0.29) is 12.6 Å². The molecule has 1 fully saturated rings. The summed E-state index contributed by atoms with van der Waals surface area (Å²) in [6, 6.07) is 19.0. The molecule has 1 aromatic heterocycles. The van der Waals surface area contributed by atoms with Crippen molar-refractivity contribution in [2.45, 2.75) is 51.4 Å². The van der Waals surface area contributed by atoms with E-state index in [2.05, 4.69) is 25.1 Å². The molecular formula is C36H45F3N6O5. The van der Waals surface area contributed by atoms with Crippen molar-refractivity contribution in [2.24, 2.45) is 10.7 Å². The Hall–Kier alpha value is -4.69. The molecule has 1 aliphatic rings. The van der Waals surface area contributed by atoms with Crippen LogP contribution in [-0.4, -0.2) is 93.0 Å². The second-order valence-corrected chi connectivity index (χ2v) is 11.8. The summed E-state index contributed by atoms with van der Waals surface area (Å²) in [5, 5.41) is 2.30. The van der Waals surface area contributed by atoms with Gasteiger partial charge in [-0.05, 0) is 35.2 Å². The number of carbonyl (C=O) groups excluding carboxylic acids is 2. The fraction of sp³-hybridized carbons (Fsp3) is 0.444. The third-order valence-electron chi connectivity index (χ3n) is 8.12. The Morgan fingerprint density at radius 3 is 2.40 bits per heavy atom. The molecule has 3 aromatic rings. The minimum atomic E-state index is -5.32. The van der Waals surface area contributed by atoms with E-state index in [9.17, 15) is 22.8 Å². The van der Waals surface area contributed by atoms with Crippen molar-refractivity contribution in [3.8, 4) is 16.9 Å². The van der Waals surface area contributed by atoms with Gasteiger partial charge in [-0.1, -0.05) is 61.9 Å². The first-order valence-electron chi connectivity index (χ1n) is 16.7. The molecule has 270 valence electrons. The molecule has 0 radical (unpaired) electrons. The van der Waals surface area contributed by atoms with E-state index in [1.807, 2.05) is 61.5 Å². The van der Waals surface area contributed by atoms with Gasteiger partial charge in [0.25, 0.3) is 5.91 Å². The zero-order chi connectivity index (χ0) is 35.9. The Morgan fingerprint density at radius 1 is 1.00 bits per heavy atom. The molecule has 0 aliphatic carbocycles. The molecule has 11 nitrogen and oxygen atoms in total. The molecule has 2 aromatic carbocycles. The number of piperazine rings is 1. The molecule has 1 amide bonds. The van der Waals surface area contributed by atoms with Crippen LogP contribution in [0.5, 0.6) is 5.75 Å². The molecule has 14 heteroatoms. The number of benzene rings is 2. The number of ether oxygens (including phenoxy) is 3. The number of hydrogen-bond donors (Lipinski definition) is 2. The number of pyridine rings is 1. The lowest BCUT2D eigenvalue weighted by Crippen LogP contribution is -2.47. The number of rotatable bonds is 16. The maximum Gasteiger partial charge on any atom is 0.490 e. The van der Waals surface area contributed by atoms with Crippen LogP contribution < -0.4 is 20.7 Å². The van der Waals surface area contributed by atoms with Crippen LogP contribution in [0.4, 0.5) is 19.0 Å². The Kier molecular flexibility index (Phi) is 14.4. The largest absolute Gasteiger partial charge is 0.493 e.